The Morgan fingerprint density at radius 1 is 0.794 bits per heavy atom. The van der Waals surface area contributed by atoms with Gasteiger partial charge in [0.05, 0.1) is 11.8 Å². The number of aryl methyl sites for hydroxylation is 1. The molecule has 0 aromatic heterocycles. The number of anilines is 2. The molecule has 6 amide bonds. The average molecular weight is 1470 g/mol. The largest absolute Gasteiger partial charge is 0.513 e. The highest BCUT2D eigenvalue weighted by atomic mass is 16.7. The number of hydrogen-bond donors (Lipinski definition) is 8. The fourth-order valence-corrected chi connectivity index (χ4v) is 13.0. The second kappa shape index (κ2) is 37.5. The minimum absolute atomic E-state index is 0.0740. The van der Waals surface area contributed by atoms with Crippen molar-refractivity contribution < 1.29 is 81.6 Å². The summed E-state index contributed by atoms with van der Waals surface area (Å²) in [4.78, 5) is 123. The first-order valence-electron chi connectivity index (χ1n) is 36.0. The highest BCUT2D eigenvalue weighted by Gasteiger charge is 2.45. The summed E-state index contributed by atoms with van der Waals surface area (Å²) in [6.45, 7) is 15.6. The topological polar surface area (TPSA) is 381 Å². The van der Waals surface area contributed by atoms with E-state index in [0.717, 1.165) is 96.5 Å². The lowest BCUT2D eigenvalue weighted by molar-refractivity contribution is -0.438. The lowest BCUT2D eigenvalue weighted by Crippen LogP contribution is -2.59. The first-order chi connectivity index (χ1) is 50.9. The number of rotatable bonds is 36. The molecule has 0 spiro atoms. The summed E-state index contributed by atoms with van der Waals surface area (Å²) in [6, 6.07) is 24.0. The van der Waals surface area contributed by atoms with Gasteiger partial charge in [0.25, 0.3) is 0 Å². The van der Waals surface area contributed by atoms with Crippen molar-refractivity contribution in [2.45, 2.75) is 181 Å². The first kappa shape index (κ1) is 81.2. The van der Waals surface area contributed by atoms with Crippen molar-refractivity contribution in [2.24, 2.45) is 11.0 Å². The quantitative estimate of drug-likeness (QED) is 0.00270. The van der Waals surface area contributed by atoms with Gasteiger partial charge < -0.3 is 71.1 Å². The lowest BCUT2D eigenvalue weighted by atomic mass is 9.80. The van der Waals surface area contributed by atoms with Crippen molar-refractivity contribution in [2.75, 3.05) is 44.8 Å². The summed E-state index contributed by atoms with van der Waals surface area (Å²) in [6.07, 6.45) is 9.63. The normalized spacial score (nSPS) is 14.8. The molecule has 3 aliphatic rings. The minimum Gasteiger partial charge on any atom is -0.488 e. The summed E-state index contributed by atoms with van der Waals surface area (Å²) >= 11 is 0. The molecule has 27 heteroatoms. The number of carboxylic acids is 2. The number of carbonyl (C=O) groups is 9. The van der Waals surface area contributed by atoms with Crippen LogP contribution in [0, 0.1) is 12.8 Å². The molecule has 568 valence electrons. The molecule has 1 aliphatic carbocycles. The van der Waals surface area contributed by atoms with Crippen LogP contribution >= 0.6 is 0 Å². The summed E-state index contributed by atoms with van der Waals surface area (Å²) in [5, 5.41) is 36.1. The van der Waals surface area contributed by atoms with Crippen LogP contribution in [0.5, 0.6) is 17.2 Å². The molecule has 0 saturated heterocycles. The van der Waals surface area contributed by atoms with Crippen LogP contribution in [-0.2, 0) is 73.5 Å². The number of fused-ring (bicyclic) bond motifs is 3. The maximum Gasteiger partial charge on any atom is 0.513 e. The number of azide groups is 1. The van der Waals surface area contributed by atoms with Crippen molar-refractivity contribution in [3.05, 3.63) is 182 Å². The fraction of sp³-hybridized carbons (Fsp3) is 0.425. The second-order valence-electron chi connectivity index (χ2n) is 28.5. The van der Waals surface area contributed by atoms with Gasteiger partial charge in [-0.25, -0.2) is 9.59 Å². The first-order valence-corrected chi connectivity index (χ1v) is 36.0. The number of nitrogens with one attached hydrogen (secondary N) is 5. The van der Waals surface area contributed by atoms with Crippen LogP contribution in [0.3, 0.4) is 0 Å². The van der Waals surface area contributed by atoms with Gasteiger partial charge in [0, 0.05) is 109 Å². The average Bonchev–Trinajstić information content (AvgIpc) is 1.64. The third kappa shape index (κ3) is 22.5. The Morgan fingerprint density at radius 2 is 1.50 bits per heavy atom. The Morgan fingerprint density at radius 3 is 2.20 bits per heavy atom. The molecule has 9 N–H and O–H groups in total. The number of nitrogens with two attached hydrogens (primary N) is 1. The number of unbranched alkanes of at least 4 members (excludes halogenated alkanes) is 3. The Hall–Kier alpha value is -11.5. The predicted molar refractivity (Wildman–Crippen MR) is 403 cm³/mol. The van der Waals surface area contributed by atoms with Crippen LogP contribution in [0.1, 0.15) is 158 Å². The van der Waals surface area contributed by atoms with E-state index in [1.165, 1.54) is 24.0 Å². The van der Waals surface area contributed by atoms with Gasteiger partial charge in [-0.3, -0.25) is 33.6 Å². The van der Waals surface area contributed by atoms with Gasteiger partial charge in [-0.2, -0.15) is 4.58 Å². The Kier molecular flexibility index (Phi) is 28.4. The zero-order valence-electron chi connectivity index (χ0n) is 62.4. The number of hydrogen-bond acceptors (Lipinski definition) is 16. The molecule has 0 bridgehead atoms. The SMILES string of the molecule is CCC(C)C(NC(C)=O)C(=O)NC(CCC(=O)O)C(=O)NC(Cc1ccccc1)C(=O)NC(CC(=O)O)C(=O)Nc1ccc(COc2c(COC(=O)N(C)C)cc(C)cc2C(C)(C)COC(=O)Oc2ccc3c(c2)OC2=C(/C=C/C4=[N+](CCCCCCN=[N+]=[N-])c5ccc(N)cc5C4(C)C)CCCC2=C3)cc1. The molecule has 5 aromatic rings. The standard InChI is InChI=1S/C80H97N11O16/c1-11-49(3)70(84-50(4)92)76(100)86-62(32-35-68(93)94)73(97)87-63(40-51-20-15-14-16-21-51)75(99)88-64(44-69(95)96)74(98)85-58-29-24-52(25-30-58)45-103-72-56(46-104-77(101)90(9)10)38-48(2)39-61(72)79(5,6)47-105-78(102)106-59-31-26-54-41-55-23-19-22-53(71(55)107-66(54)43-59)27-34-67-80(7,8)60-42-57(81)28-33-65(60)91(67)37-18-13-12-17-36-83-89-82/h14-16,20-21,24-31,33-34,38-39,41-43,49,62-64,70H,11-13,17-19,22-23,32,35-37,40,44-47,81H2,1-10H3,(H6-,84,85,86,87,88,92,93,94,95,96,97,98,99,100)/p+1/b34-27+. The van der Waals surface area contributed by atoms with Gasteiger partial charge >= 0.3 is 24.2 Å². The molecule has 0 saturated carbocycles. The van der Waals surface area contributed by atoms with Gasteiger partial charge in [0.1, 0.15) is 73.5 Å². The number of carboxylic acid groups (broad SMARTS) is 2. The second-order valence-corrected chi connectivity index (χ2v) is 28.5. The molecule has 0 radical (unpaired) electrons. The summed E-state index contributed by atoms with van der Waals surface area (Å²) < 4.78 is 33.1. The number of ether oxygens (including phenoxy) is 5. The van der Waals surface area contributed by atoms with Crippen molar-refractivity contribution in [3.8, 4) is 17.2 Å². The van der Waals surface area contributed by atoms with Gasteiger partial charge in [0.15, 0.2) is 5.71 Å². The molecule has 5 aromatic carbocycles. The molecular formula is C80H98N11O16+. The van der Waals surface area contributed by atoms with Crippen molar-refractivity contribution >= 4 is 82.6 Å². The molecule has 2 aliphatic heterocycles. The monoisotopic (exact) mass is 1470 g/mol. The number of carbonyl (C=O) groups excluding carboxylic acids is 7. The predicted octanol–water partition coefficient (Wildman–Crippen LogP) is 12.1. The number of amides is 6. The Bertz CT molecular complexity index is 4310. The van der Waals surface area contributed by atoms with E-state index in [0.29, 0.717) is 52.4 Å². The van der Waals surface area contributed by atoms with Gasteiger partial charge in [0.2, 0.25) is 35.2 Å². The van der Waals surface area contributed by atoms with E-state index in [9.17, 15) is 53.4 Å². The Balaban J connectivity index is 0.944. The van der Waals surface area contributed by atoms with Crippen molar-refractivity contribution in [1.29, 1.82) is 0 Å². The number of nitrogens with zero attached hydrogens (tertiary/aromatic N) is 5. The van der Waals surface area contributed by atoms with Crippen molar-refractivity contribution in [1.82, 2.24) is 26.2 Å². The van der Waals surface area contributed by atoms with Crippen LogP contribution in [0.2, 0.25) is 0 Å². The highest BCUT2D eigenvalue weighted by molar-refractivity contribution is 6.04. The van der Waals surface area contributed by atoms with E-state index < -0.39 is 103 Å². The van der Waals surface area contributed by atoms with E-state index in [4.69, 9.17) is 34.9 Å². The van der Waals surface area contributed by atoms with Crippen LogP contribution in [0.4, 0.5) is 26.7 Å². The molecule has 27 nitrogen and oxygen atoms in total. The van der Waals surface area contributed by atoms with Crippen LogP contribution in [0.25, 0.3) is 16.5 Å². The van der Waals surface area contributed by atoms with E-state index >= 15 is 0 Å². The third-order valence-corrected chi connectivity index (χ3v) is 19.0. The molecular weight excluding hydrogens is 1370 g/mol. The van der Waals surface area contributed by atoms with Crippen LogP contribution in [-0.4, -0.2) is 137 Å². The minimum atomic E-state index is -1.70. The van der Waals surface area contributed by atoms with Gasteiger partial charge in [-0.1, -0.05) is 99.7 Å². The van der Waals surface area contributed by atoms with E-state index in [1.54, 1.807) is 82.5 Å². The summed E-state index contributed by atoms with van der Waals surface area (Å²) in [7, 11) is 3.10. The molecule has 8 rings (SSSR count). The molecule has 2 heterocycles. The van der Waals surface area contributed by atoms with E-state index in [2.05, 4.69) is 85.4 Å². The van der Waals surface area contributed by atoms with E-state index in [1.807, 2.05) is 45.0 Å². The maximum atomic E-state index is 14.3. The zero-order chi connectivity index (χ0) is 77.7. The molecule has 107 heavy (non-hydrogen) atoms. The third-order valence-electron chi connectivity index (χ3n) is 19.0. The summed E-state index contributed by atoms with van der Waals surface area (Å²) in [5.74, 6) is -5.43. The number of allylic oxidation sites excluding steroid dienone is 4. The number of nitrogen functional groups attached to an aromatic ring is 1. The smallest absolute Gasteiger partial charge is 0.488 e. The summed E-state index contributed by atoms with van der Waals surface area (Å²) in [5.41, 5.74) is 24.0. The maximum absolute atomic E-state index is 14.3. The Labute approximate surface area is 623 Å². The molecule has 5 atom stereocenters. The van der Waals surface area contributed by atoms with Crippen LogP contribution in [0.15, 0.2) is 137 Å². The fourth-order valence-electron chi connectivity index (χ4n) is 13.0. The number of benzene rings is 5. The van der Waals surface area contributed by atoms with Crippen molar-refractivity contribution in [3.63, 3.8) is 0 Å². The van der Waals surface area contributed by atoms with Crippen LogP contribution < -0.4 is 46.5 Å². The highest BCUT2D eigenvalue weighted by Crippen LogP contribution is 2.44. The number of aliphatic carboxylic acids is 2. The lowest BCUT2D eigenvalue weighted by Gasteiger charge is -2.29. The van der Waals surface area contributed by atoms with E-state index in [-0.39, 0.29) is 49.0 Å². The molecule has 0 fully saturated rings. The zero-order valence-corrected chi connectivity index (χ0v) is 62.4. The molecule has 5 unspecified atom stereocenters. The van der Waals surface area contributed by atoms with Gasteiger partial charge in [-0.15, -0.1) is 0 Å². The van der Waals surface area contributed by atoms with Gasteiger partial charge in [-0.05, 0) is 148 Å².